The Balaban J connectivity index is 2.10. The first-order valence-electron chi connectivity index (χ1n) is 7.75. The standard InChI is InChI=1S/C19H25NS/c1-3-21-15-14-16(2)20-19(17-10-6-4-7-11-17)18-12-8-5-9-13-18/h4-13,16,19-20H,3,14-15H2,1-2H3. The molecular weight excluding hydrogens is 274 g/mol. The van der Waals surface area contributed by atoms with Crippen LogP contribution in [-0.4, -0.2) is 17.5 Å². The van der Waals surface area contributed by atoms with E-state index in [0.717, 1.165) is 0 Å². The molecule has 112 valence electrons. The monoisotopic (exact) mass is 299 g/mol. The Hall–Kier alpha value is -1.25. The SMILES string of the molecule is CCSCCC(C)NC(c1ccccc1)c1ccccc1. The maximum absolute atomic E-state index is 3.80. The predicted octanol–water partition coefficient (Wildman–Crippen LogP) is 4.90. The van der Waals surface area contributed by atoms with Crippen LogP contribution in [0.25, 0.3) is 0 Å². The van der Waals surface area contributed by atoms with Crippen LogP contribution < -0.4 is 5.32 Å². The fraction of sp³-hybridized carbons (Fsp3) is 0.368. The van der Waals surface area contributed by atoms with Gasteiger partial charge in [0.1, 0.15) is 0 Å². The summed E-state index contributed by atoms with van der Waals surface area (Å²) in [6, 6.07) is 22.2. The number of rotatable bonds is 8. The molecule has 0 saturated carbocycles. The average Bonchev–Trinajstić information content (AvgIpc) is 2.54. The number of hydrogen-bond donors (Lipinski definition) is 1. The molecule has 0 fully saturated rings. The highest BCUT2D eigenvalue weighted by molar-refractivity contribution is 7.99. The lowest BCUT2D eigenvalue weighted by molar-refractivity contribution is 0.490. The summed E-state index contributed by atoms with van der Waals surface area (Å²) in [5.74, 6) is 2.43. The van der Waals surface area contributed by atoms with Crippen LogP contribution in [0.15, 0.2) is 60.7 Å². The molecule has 0 aliphatic carbocycles. The van der Waals surface area contributed by atoms with E-state index >= 15 is 0 Å². The molecule has 2 heteroatoms. The van der Waals surface area contributed by atoms with E-state index < -0.39 is 0 Å². The van der Waals surface area contributed by atoms with Crippen molar-refractivity contribution < 1.29 is 0 Å². The minimum atomic E-state index is 0.272. The van der Waals surface area contributed by atoms with Gasteiger partial charge < -0.3 is 5.32 Å². The van der Waals surface area contributed by atoms with E-state index in [-0.39, 0.29) is 6.04 Å². The fourth-order valence-electron chi connectivity index (χ4n) is 2.45. The van der Waals surface area contributed by atoms with Gasteiger partial charge in [-0.15, -0.1) is 0 Å². The van der Waals surface area contributed by atoms with Gasteiger partial charge in [-0.1, -0.05) is 67.6 Å². The van der Waals surface area contributed by atoms with Gasteiger partial charge in [0.2, 0.25) is 0 Å². The third-order valence-corrected chi connectivity index (χ3v) is 4.55. The summed E-state index contributed by atoms with van der Waals surface area (Å²) < 4.78 is 0. The van der Waals surface area contributed by atoms with Gasteiger partial charge >= 0.3 is 0 Å². The molecule has 1 unspecified atom stereocenters. The smallest absolute Gasteiger partial charge is 0.0578 e. The fourth-order valence-corrected chi connectivity index (χ4v) is 3.26. The topological polar surface area (TPSA) is 12.0 Å². The summed E-state index contributed by atoms with van der Waals surface area (Å²) in [5, 5.41) is 3.80. The quantitative estimate of drug-likeness (QED) is 0.696. The number of hydrogen-bond acceptors (Lipinski definition) is 2. The highest BCUT2D eigenvalue weighted by Crippen LogP contribution is 2.23. The summed E-state index contributed by atoms with van der Waals surface area (Å²) in [6.45, 7) is 4.51. The van der Waals surface area contributed by atoms with Crippen molar-refractivity contribution >= 4 is 11.8 Å². The minimum Gasteiger partial charge on any atom is -0.304 e. The van der Waals surface area contributed by atoms with Crippen LogP contribution in [0.3, 0.4) is 0 Å². The maximum Gasteiger partial charge on any atom is 0.0578 e. The lowest BCUT2D eigenvalue weighted by Crippen LogP contribution is -2.31. The third-order valence-electron chi connectivity index (χ3n) is 3.62. The van der Waals surface area contributed by atoms with Crippen LogP contribution in [0.5, 0.6) is 0 Å². The van der Waals surface area contributed by atoms with Crippen molar-refractivity contribution in [1.82, 2.24) is 5.32 Å². The Kier molecular flexibility index (Phi) is 6.84. The second-order valence-corrected chi connectivity index (χ2v) is 6.70. The Morgan fingerprint density at radius 3 is 1.90 bits per heavy atom. The maximum atomic E-state index is 3.80. The largest absolute Gasteiger partial charge is 0.304 e. The first-order chi connectivity index (χ1) is 10.3. The molecule has 0 bridgehead atoms. The number of nitrogens with one attached hydrogen (secondary N) is 1. The lowest BCUT2D eigenvalue weighted by atomic mass is 9.97. The van der Waals surface area contributed by atoms with Gasteiger partial charge in [-0.2, -0.15) is 11.8 Å². The van der Waals surface area contributed by atoms with Gasteiger partial charge in [0.15, 0.2) is 0 Å². The Morgan fingerprint density at radius 1 is 0.905 bits per heavy atom. The van der Waals surface area contributed by atoms with Crippen molar-refractivity contribution in [3.63, 3.8) is 0 Å². The molecule has 0 radical (unpaired) electrons. The second-order valence-electron chi connectivity index (χ2n) is 5.31. The molecule has 1 N–H and O–H groups in total. The lowest BCUT2D eigenvalue weighted by Gasteiger charge is -2.24. The van der Waals surface area contributed by atoms with Crippen LogP contribution in [0, 0.1) is 0 Å². The van der Waals surface area contributed by atoms with E-state index in [4.69, 9.17) is 0 Å². The van der Waals surface area contributed by atoms with Gasteiger partial charge in [0.25, 0.3) is 0 Å². The first-order valence-corrected chi connectivity index (χ1v) is 8.90. The van der Waals surface area contributed by atoms with E-state index in [1.807, 2.05) is 11.8 Å². The van der Waals surface area contributed by atoms with Crippen molar-refractivity contribution in [2.45, 2.75) is 32.4 Å². The molecule has 0 heterocycles. The summed E-state index contributed by atoms with van der Waals surface area (Å²) in [4.78, 5) is 0. The van der Waals surface area contributed by atoms with Crippen LogP contribution >= 0.6 is 11.8 Å². The molecule has 1 nitrogen and oxygen atoms in total. The van der Waals surface area contributed by atoms with Crippen LogP contribution in [0.1, 0.15) is 37.4 Å². The molecule has 0 saturated heterocycles. The van der Waals surface area contributed by atoms with Crippen LogP contribution in [0.2, 0.25) is 0 Å². The molecule has 0 aromatic heterocycles. The van der Waals surface area contributed by atoms with Gasteiger partial charge in [0, 0.05) is 6.04 Å². The van der Waals surface area contributed by atoms with Crippen LogP contribution in [-0.2, 0) is 0 Å². The van der Waals surface area contributed by atoms with E-state index in [9.17, 15) is 0 Å². The van der Waals surface area contributed by atoms with Gasteiger partial charge in [-0.05, 0) is 36.0 Å². The number of benzene rings is 2. The van der Waals surface area contributed by atoms with Gasteiger partial charge in [-0.25, -0.2) is 0 Å². The van der Waals surface area contributed by atoms with E-state index in [2.05, 4.69) is 79.8 Å². The molecule has 0 amide bonds. The molecule has 2 aromatic rings. The molecule has 1 atom stereocenters. The van der Waals surface area contributed by atoms with Crippen molar-refractivity contribution in [1.29, 1.82) is 0 Å². The normalized spacial score (nSPS) is 12.5. The zero-order valence-electron chi connectivity index (χ0n) is 13.0. The molecule has 0 spiro atoms. The van der Waals surface area contributed by atoms with Crippen molar-refractivity contribution in [3.8, 4) is 0 Å². The molecule has 21 heavy (non-hydrogen) atoms. The van der Waals surface area contributed by atoms with E-state index in [1.54, 1.807) is 0 Å². The van der Waals surface area contributed by atoms with Crippen molar-refractivity contribution in [3.05, 3.63) is 71.8 Å². The highest BCUT2D eigenvalue weighted by atomic mass is 32.2. The van der Waals surface area contributed by atoms with Crippen LogP contribution in [0.4, 0.5) is 0 Å². The Bertz CT molecular complexity index is 458. The molecule has 0 aliphatic rings. The third kappa shape index (κ3) is 5.22. The summed E-state index contributed by atoms with van der Waals surface area (Å²) in [5.41, 5.74) is 2.66. The zero-order valence-corrected chi connectivity index (χ0v) is 13.8. The first kappa shape index (κ1) is 16.1. The predicted molar refractivity (Wildman–Crippen MR) is 94.9 cm³/mol. The highest BCUT2D eigenvalue weighted by Gasteiger charge is 2.15. The molecular formula is C19H25NS. The molecule has 2 rings (SSSR count). The Labute approximate surface area is 133 Å². The number of thioether (sulfide) groups is 1. The van der Waals surface area contributed by atoms with E-state index in [0.29, 0.717) is 6.04 Å². The van der Waals surface area contributed by atoms with Crippen molar-refractivity contribution in [2.24, 2.45) is 0 Å². The van der Waals surface area contributed by atoms with Gasteiger partial charge in [0.05, 0.1) is 6.04 Å². The second kappa shape index (κ2) is 8.91. The summed E-state index contributed by atoms with van der Waals surface area (Å²) >= 11 is 2.02. The molecule has 2 aromatic carbocycles. The van der Waals surface area contributed by atoms with Crippen molar-refractivity contribution in [2.75, 3.05) is 11.5 Å². The minimum absolute atomic E-state index is 0.272. The summed E-state index contributed by atoms with van der Waals surface area (Å²) in [7, 11) is 0. The Morgan fingerprint density at radius 2 is 1.43 bits per heavy atom. The molecule has 0 aliphatic heterocycles. The zero-order chi connectivity index (χ0) is 14.9. The van der Waals surface area contributed by atoms with Gasteiger partial charge in [-0.3, -0.25) is 0 Å². The average molecular weight is 299 g/mol. The summed E-state index contributed by atoms with van der Waals surface area (Å²) in [6.07, 6.45) is 1.20. The van der Waals surface area contributed by atoms with E-state index in [1.165, 1.54) is 29.1 Å².